The first-order chi connectivity index (χ1) is 6.97. The second-order valence-corrected chi connectivity index (χ2v) is 5.51. The van der Waals surface area contributed by atoms with E-state index in [1.165, 1.54) is 6.42 Å². The molecule has 1 aliphatic carbocycles. The van der Waals surface area contributed by atoms with Crippen molar-refractivity contribution in [1.82, 2.24) is 10.2 Å². The Morgan fingerprint density at radius 2 is 2.20 bits per heavy atom. The van der Waals surface area contributed by atoms with E-state index in [2.05, 4.69) is 31.0 Å². The van der Waals surface area contributed by atoms with Gasteiger partial charge in [0.1, 0.15) is 0 Å². The Bertz CT molecular complexity index is 414. The van der Waals surface area contributed by atoms with E-state index < -0.39 is 0 Å². The summed E-state index contributed by atoms with van der Waals surface area (Å²) in [5.74, 6) is 0.661. The Labute approximate surface area is 89.9 Å². The normalized spacial score (nSPS) is 21.1. The number of hydrogen-bond donors (Lipinski definition) is 1. The molecule has 0 fully saturated rings. The predicted molar refractivity (Wildman–Crippen MR) is 59.8 cm³/mol. The molecule has 0 aromatic carbocycles. The highest BCUT2D eigenvalue weighted by Gasteiger charge is 2.29. The molecule has 15 heavy (non-hydrogen) atoms. The van der Waals surface area contributed by atoms with Crippen molar-refractivity contribution in [1.29, 1.82) is 0 Å². The zero-order chi connectivity index (χ0) is 11.1. The third-order valence-corrected chi connectivity index (χ3v) is 3.40. The first-order valence-corrected chi connectivity index (χ1v) is 5.54. The van der Waals surface area contributed by atoms with Gasteiger partial charge in [-0.2, -0.15) is 5.10 Å². The van der Waals surface area contributed by atoms with Crippen molar-refractivity contribution in [2.75, 3.05) is 0 Å². The number of aromatic amines is 1. The second kappa shape index (κ2) is 3.47. The first kappa shape index (κ1) is 10.4. The number of aryl methyl sites for hydroxylation is 1. The molecule has 0 radical (unpaired) electrons. The molecular formula is C12H18N2O. The minimum absolute atomic E-state index is 0.0803. The maximum Gasteiger partial charge on any atom is 0.264 e. The van der Waals surface area contributed by atoms with Crippen LogP contribution in [0.5, 0.6) is 0 Å². The third kappa shape index (κ3) is 2.11. The molecule has 1 aromatic rings. The van der Waals surface area contributed by atoms with Crippen molar-refractivity contribution in [2.24, 2.45) is 11.3 Å². The van der Waals surface area contributed by atoms with Gasteiger partial charge in [0.25, 0.3) is 5.56 Å². The maximum atomic E-state index is 11.2. The number of nitrogens with zero attached hydrogens (tertiary/aromatic N) is 1. The van der Waals surface area contributed by atoms with E-state index in [-0.39, 0.29) is 5.56 Å². The zero-order valence-electron chi connectivity index (χ0n) is 9.63. The quantitative estimate of drug-likeness (QED) is 0.705. The summed E-state index contributed by atoms with van der Waals surface area (Å²) < 4.78 is 0. The van der Waals surface area contributed by atoms with Gasteiger partial charge < -0.3 is 0 Å². The van der Waals surface area contributed by atoms with Crippen LogP contribution in [0, 0.1) is 11.3 Å². The van der Waals surface area contributed by atoms with E-state index in [9.17, 15) is 4.79 Å². The highest BCUT2D eigenvalue weighted by molar-refractivity contribution is 5.21. The molecule has 82 valence electrons. The number of H-pyrrole nitrogens is 1. The molecule has 0 aliphatic heterocycles. The molecule has 2 rings (SSSR count). The number of fused-ring (bicyclic) bond motifs is 1. The molecular weight excluding hydrogens is 188 g/mol. The van der Waals surface area contributed by atoms with Crippen LogP contribution in [0.4, 0.5) is 0 Å². The molecule has 1 N–H and O–H groups in total. The van der Waals surface area contributed by atoms with Gasteiger partial charge in [-0.25, -0.2) is 5.10 Å². The Morgan fingerprint density at radius 3 is 2.87 bits per heavy atom. The molecule has 0 amide bonds. The number of nitrogens with one attached hydrogen (secondary N) is 1. The van der Waals surface area contributed by atoms with E-state index in [0.717, 1.165) is 24.1 Å². The lowest BCUT2D eigenvalue weighted by atomic mass is 9.72. The van der Waals surface area contributed by atoms with Gasteiger partial charge in [0.15, 0.2) is 0 Å². The fourth-order valence-electron chi connectivity index (χ4n) is 2.28. The molecule has 1 aliphatic rings. The minimum atomic E-state index is -0.0803. The maximum absolute atomic E-state index is 11.2. The molecule has 0 bridgehead atoms. The van der Waals surface area contributed by atoms with E-state index in [1.54, 1.807) is 6.07 Å². The third-order valence-electron chi connectivity index (χ3n) is 3.40. The molecule has 1 atom stereocenters. The number of hydrogen-bond acceptors (Lipinski definition) is 2. The smallest absolute Gasteiger partial charge is 0.264 e. The lowest BCUT2D eigenvalue weighted by Gasteiger charge is -2.34. The van der Waals surface area contributed by atoms with Gasteiger partial charge in [-0.1, -0.05) is 20.8 Å². The van der Waals surface area contributed by atoms with Crippen LogP contribution in [0.1, 0.15) is 38.4 Å². The lowest BCUT2D eigenvalue weighted by molar-refractivity contribution is 0.214. The van der Waals surface area contributed by atoms with Crippen molar-refractivity contribution in [2.45, 2.75) is 40.0 Å². The predicted octanol–water partition coefficient (Wildman–Crippen LogP) is 1.92. The van der Waals surface area contributed by atoms with E-state index in [1.807, 2.05) is 0 Å². The van der Waals surface area contributed by atoms with E-state index in [0.29, 0.717) is 11.3 Å². The Balaban J connectivity index is 2.30. The van der Waals surface area contributed by atoms with Gasteiger partial charge in [-0.05, 0) is 36.2 Å². The highest BCUT2D eigenvalue weighted by Crippen LogP contribution is 2.35. The standard InChI is InChI=1S/C12H18N2O/c1-12(2,3)9-4-5-10-8(6-9)7-11(15)14-13-10/h7,9H,4-6H2,1-3H3,(H,14,15)/t9-/m1/s1. The molecule has 0 saturated heterocycles. The van der Waals surface area contributed by atoms with E-state index in [4.69, 9.17) is 0 Å². The summed E-state index contributed by atoms with van der Waals surface area (Å²) in [6, 6.07) is 1.71. The largest absolute Gasteiger partial charge is 0.268 e. The van der Waals surface area contributed by atoms with Crippen molar-refractivity contribution in [3.8, 4) is 0 Å². The van der Waals surface area contributed by atoms with Crippen molar-refractivity contribution in [3.63, 3.8) is 0 Å². The van der Waals surface area contributed by atoms with Crippen LogP contribution in [0.2, 0.25) is 0 Å². The van der Waals surface area contributed by atoms with Gasteiger partial charge in [-0.3, -0.25) is 4.79 Å². The fourth-order valence-corrected chi connectivity index (χ4v) is 2.28. The average Bonchev–Trinajstić information content (AvgIpc) is 2.15. The van der Waals surface area contributed by atoms with Gasteiger partial charge in [-0.15, -0.1) is 0 Å². The zero-order valence-corrected chi connectivity index (χ0v) is 9.63. The van der Waals surface area contributed by atoms with Crippen molar-refractivity contribution >= 4 is 0 Å². The van der Waals surface area contributed by atoms with Gasteiger partial charge >= 0.3 is 0 Å². The lowest BCUT2D eigenvalue weighted by Crippen LogP contribution is -2.28. The number of rotatable bonds is 0. The van der Waals surface area contributed by atoms with Crippen LogP contribution in [-0.2, 0) is 12.8 Å². The first-order valence-electron chi connectivity index (χ1n) is 5.54. The topological polar surface area (TPSA) is 45.8 Å². The van der Waals surface area contributed by atoms with Crippen molar-refractivity contribution in [3.05, 3.63) is 27.7 Å². The summed E-state index contributed by atoms with van der Waals surface area (Å²) in [7, 11) is 0. The highest BCUT2D eigenvalue weighted by atomic mass is 16.1. The fraction of sp³-hybridized carbons (Fsp3) is 0.667. The SMILES string of the molecule is CC(C)(C)[C@@H]1CCc2n[nH]c(=O)cc2C1. The second-order valence-electron chi connectivity index (χ2n) is 5.51. The molecule has 0 spiro atoms. The molecule has 3 heteroatoms. The van der Waals surface area contributed by atoms with Crippen LogP contribution in [0.3, 0.4) is 0 Å². The summed E-state index contributed by atoms with van der Waals surface area (Å²) in [4.78, 5) is 11.2. The van der Waals surface area contributed by atoms with Gasteiger partial charge in [0, 0.05) is 6.07 Å². The average molecular weight is 206 g/mol. The summed E-state index contributed by atoms with van der Waals surface area (Å²) in [5.41, 5.74) is 2.46. The summed E-state index contributed by atoms with van der Waals surface area (Å²) >= 11 is 0. The van der Waals surface area contributed by atoms with Crippen molar-refractivity contribution < 1.29 is 0 Å². The molecule has 0 saturated carbocycles. The van der Waals surface area contributed by atoms with Crippen LogP contribution >= 0.6 is 0 Å². The summed E-state index contributed by atoms with van der Waals surface area (Å²) in [6.45, 7) is 6.80. The van der Waals surface area contributed by atoms with Crippen LogP contribution < -0.4 is 5.56 Å². The van der Waals surface area contributed by atoms with Gasteiger partial charge in [0.2, 0.25) is 0 Å². The molecule has 1 aromatic heterocycles. The van der Waals surface area contributed by atoms with Crippen LogP contribution in [-0.4, -0.2) is 10.2 Å². The Hall–Kier alpha value is -1.12. The van der Waals surface area contributed by atoms with Gasteiger partial charge in [0.05, 0.1) is 5.69 Å². The monoisotopic (exact) mass is 206 g/mol. The minimum Gasteiger partial charge on any atom is -0.268 e. The number of aromatic nitrogens is 2. The Kier molecular flexibility index (Phi) is 2.41. The summed E-state index contributed by atoms with van der Waals surface area (Å²) in [6.07, 6.45) is 3.17. The molecule has 0 unspecified atom stereocenters. The molecule has 3 nitrogen and oxygen atoms in total. The summed E-state index contributed by atoms with van der Waals surface area (Å²) in [5, 5.41) is 6.61. The van der Waals surface area contributed by atoms with E-state index >= 15 is 0 Å². The Morgan fingerprint density at radius 1 is 1.47 bits per heavy atom. The van der Waals surface area contributed by atoms with Crippen LogP contribution in [0.15, 0.2) is 10.9 Å². The van der Waals surface area contributed by atoms with Crippen LogP contribution in [0.25, 0.3) is 0 Å². The molecule has 1 heterocycles.